The number of carbonyl (C=O) groups is 2. The lowest BCUT2D eigenvalue weighted by Crippen LogP contribution is -2.51. The van der Waals surface area contributed by atoms with Crippen molar-refractivity contribution in [2.45, 2.75) is 31.6 Å². The van der Waals surface area contributed by atoms with E-state index in [0.717, 1.165) is 31.1 Å². The Hall–Kier alpha value is -2.77. The first kappa shape index (κ1) is 23.9. The van der Waals surface area contributed by atoms with Crippen LogP contribution in [0.5, 0.6) is 5.75 Å². The molecule has 186 valence electrons. The van der Waals surface area contributed by atoms with Crippen molar-refractivity contribution in [3.05, 3.63) is 53.1 Å². The van der Waals surface area contributed by atoms with Gasteiger partial charge in [0.2, 0.25) is 11.8 Å². The third-order valence-electron chi connectivity index (χ3n) is 7.66. The predicted molar refractivity (Wildman–Crippen MR) is 138 cm³/mol. The van der Waals surface area contributed by atoms with E-state index in [1.807, 2.05) is 11.0 Å². The molecule has 2 saturated heterocycles. The second-order valence-corrected chi connectivity index (χ2v) is 10.4. The Morgan fingerprint density at radius 3 is 2.40 bits per heavy atom. The molecule has 35 heavy (non-hydrogen) atoms. The molecule has 2 aromatic rings. The lowest BCUT2D eigenvalue weighted by Gasteiger charge is -2.37. The SMILES string of the molecule is O=C(Nc1ccc(O)cc1)C1CCN(CC(=O)N2CCN(c3ccc(Cl)c(C4CCC4)c3)CC2)C1. The van der Waals surface area contributed by atoms with Crippen LogP contribution in [0.3, 0.4) is 0 Å². The molecule has 3 fully saturated rings. The average molecular weight is 497 g/mol. The Balaban J connectivity index is 1.08. The van der Waals surface area contributed by atoms with Gasteiger partial charge in [0.25, 0.3) is 0 Å². The fourth-order valence-corrected chi connectivity index (χ4v) is 5.52. The van der Waals surface area contributed by atoms with E-state index in [2.05, 4.69) is 27.2 Å². The van der Waals surface area contributed by atoms with Crippen LogP contribution in [-0.4, -0.2) is 72.5 Å². The van der Waals surface area contributed by atoms with Gasteiger partial charge in [-0.3, -0.25) is 14.5 Å². The Morgan fingerprint density at radius 1 is 0.971 bits per heavy atom. The monoisotopic (exact) mass is 496 g/mol. The molecule has 5 rings (SSSR count). The minimum Gasteiger partial charge on any atom is -0.508 e. The molecule has 1 saturated carbocycles. The van der Waals surface area contributed by atoms with Gasteiger partial charge in [-0.2, -0.15) is 0 Å². The Kier molecular flexibility index (Phi) is 7.16. The fourth-order valence-electron chi connectivity index (χ4n) is 5.24. The van der Waals surface area contributed by atoms with E-state index in [1.165, 1.54) is 30.5 Å². The van der Waals surface area contributed by atoms with Crippen molar-refractivity contribution in [2.75, 3.05) is 56.0 Å². The first-order valence-electron chi connectivity index (χ1n) is 12.6. The molecule has 2 aromatic carbocycles. The van der Waals surface area contributed by atoms with Crippen LogP contribution in [0.15, 0.2) is 42.5 Å². The van der Waals surface area contributed by atoms with Gasteiger partial charge in [0.1, 0.15) is 5.75 Å². The molecular formula is C27H33ClN4O3. The van der Waals surface area contributed by atoms with Gasteiger partial charge in [0.15, 0.2) is 0 Å². The fraction of sp³-hybridized carbons (Fsp3) is 0.481. The summed E-state index contributed by atoms with van der Waals surface area (Å²) in [7, 11) is 0. The van der Waals surface area contributed by atoms with Crippen LogP contribution in [0.4, 0.5) is 11.4 Å². The van der Waals surface area contributed by atoms with E-state index in [0.29, 0.717) is 37.8 Å². The summed E-state index contributed by atoms with van der Waals surface area (Å²) < 4.78 is 0. The Bertz CT molecular complexity index is 1060. The number of rotatable bonds is 6. The van der Waals surface area contributed by atoms with Gasteiger partial charge in [0, 0.05) is 49.1 Å². The van der Waals surface area contributed by atoms with Crippen molar-refractivity contribution in [1.82, 2.24) is 9.80 Å². The van der Waals surface area contributed by atoms with E-state index in [1.54, 1.807) is 24.3 Å². The largest absolute Gasteiger partial charge is 0.508 e. The highest BCUT2D eigenvalue weighted by Crippen LogP contribution is 2.41. The van der Waals surface area contributed by atoms with Crippen LogP contribution < -0.4 is 10.2 Å². The highest BCUT2D eigenvalue weighted by Gasteiger charge is 2.31. The second kappa shape index (κ2) is 10.5. The lowest BCUT2D eigenvalue weighted by atomic mass is 9.80. The van der Waals surface area contributed by atoms with E-state index in [-0.39, 0.29) is 23.5 Å². The number of nitrogens with zero attached hydrogens (tertiary/aromatic N) is 3. The van der Waals surface area contributed by atoms with Gasteiger partial charge < -0.3 is 20.2 Å². The summed E-state index contributed by atoms with van der Waals surface area (Å²) in [5.74, 6) is 0.723. The lowest BCUT2D eigenvalue weighted by molar-refractivity contribution is -0.132. The van der Waals surface area contributed by atoms with Gasteiger partial charge >= 0.3 is 0 Å². The number of carbonyl (C=O) groups excluding carboxylic acids is 2. The number of piperazine rings is 1. The van der Waals surface area contributed by atoms with Crippen molar-refractivity contribution in [3.8, 4) is 5.75 Å². The normalized spacial score (nSPS) is 21.1. The van der Waals surface area contributed by atoms with E-state index in [9.17, 15) is 14.7 Å². The topological polar surface area (TPSA) is 76.1 Å². The summed E-state index contributed by atoms with van der Waals surface area (Å²) in [6, 6.07) is 12.8. The molecule has 1 atom stereocenters. The van der Waals surface area contributed by atoms with Gasteiger partial charge in [-0.1, -0.05) is 18.0 Å². The smallest absolute Gasteiger partial charge is 0.236 e. The number of halogens is 1. The van der Waals surface area contributed by atoms with Crippen LogP contribution in [-0.2, 0) is 9.59 Å². The summed E-state index contributed by atoms with van der Waals surface area (Å²) in [4.78, 5) is 31.9. The van der Waals surface area contributed by atoms with Crippen molar-refractivity contribution in [3.63, 3.8) is 0 Å². The highest BCUT2D eigenvalue weighted by molar-refractivity contribution is 6.31. The quantitative estimate of drug-likeness (QED) is 0.593. The number of benzene rings is 2. The number of phenols is 1. The molecule has 2 aliphatic heterocycles. The maximum atomic E-state index is 13.0. The number of nitrogens with one attached hydrogen (secondary N) is 1. The molecule has 0 bridgehead atoms. The summed E-state index contributed by atoms with van der Waals surface area (Å²) in [6.45, 7) is 4.73. The summed E-state index contributed by atoms with van der Waals surface area (Å²) >= 11 is 6.45. The molecule has 1 aliphatic carbocycles. The van der Waals surface area contributed by atoms with Crippen LogP contribution in [0.2, 0.25) is 5.02 Å². The Morgan fingerprint density at radius 2 is 1.71 bits per heavy atom. The first-order chi connectivity index (χ1) is 17.0. The summed E-state index contributed by atoms with van der Waals surface area (Å²) in [5, 5.41) is 13.2. The maximum Gasteiger partial charge on any atom is 0.236 e. The van der Waals surface area contributed by atoms with Gasteiger partial charge in [-0.05, 0) is 79.8 Å². The number of likely N-dealkylation sites (tertiary alicyclic amines) is 1. The van der Waals surface area contributed by atoms with Gasteiger partial charge in [-0.15, -0.1) is 0 Å². The van der Waals surface area contributed by atoms with Gasteiger partial charge in [0.05, 0.1) is 12.5 Å². The highest BCUT2D eigenvalue weighted by atomic mass is 35.5. The van der Waals surface area contributed by atoms with Crippen LogP contribution >= 0.6 is 11.6 Å². The number of phenolic OH excluding ortho intramolecular Hbond substituents is 1. The standard InChI is InChI=1S/C27H33ClN4O3/c28-25-9-6-22(16-24(25)19-2-1-3-19)31-12-14-32(15-13-31)26(34)18-30-11-10-20(17-30)27(35)29-21-4-7-23(33)8-5-21/h4-9,16,19-20,33H,1-3,10-15,17-18H2,(H,29,35). The second-order valence-electron chi connectivity index (χ2n) is 9.96. The number of hydrogen-bond donors (Lipinski definition) is 2. The van der Waals surface area contributed by atoms with Crippen molar-refractivity contribution >= 4 is 34.8 Å². The van der Waals surface area contributed by atoms with E-state index in [4.69, 9.17) is 11.6 Å². The zero-order valence-corrected chi connectivity index (χ0v) is 20.7. The molecule has 2 N–H and O–H groups in total. The number of anilines is 2. The maximum absolute atomic E-state index is 13.0. The zero-order chi connectivity index (χ0) is 24.4. The zero-order valence-electron chi connectivity index (χ0n) is 20.0. The molecule has 0 spiro atoms. The molecule has 0 radical (unpaired) electrons. The predicted octanol–water partition coefficient (Wildman–Crippen LogP) is 3.92. The molecule has 2 heterocycles. The van der Waals surface area contributed by atoms with E-state index < -0.39 is 0 Å². The summed E-state index contributed by atoms with van der Waals surface area (Å²) in [5.41, 5.74) is 3.14. The molecule has 1 unspecified atom stereocenters. The molecule has 8 heteroatoms. The molecule has 0 aromatic heterocycles. The van der Waals surface area contributed by atoms with Crippen LogP contribution in [0, 0.1) is 5.92 Å². The van der Waals surface area contributed by atoms with Crippen molar-refractivity contribution in [2.24, 2.45) is 5.92 Å². The van der Waals surface area contributed by atoms with Gasteiger partial charge in [-0.25, -0.2) is 0 Å². The van der Waals surface area contributed by atoms with Crippen LogP contribution in [0.1, 0.15) is 37.2 Å². The third-order valence-corrected chi connectivity index (χ3v) is 8.00. The summed E-state index contributed by atoms with van der Waals surface area (Å²) in [6.07, 6.45) is 4.47. The number of aromatic hydroxyl groups is 1. The minimum atomic E-state index is -0.136. The molecule has 3 aliphatic rings. The number of hydrogen-bond acceptors (Lipinski definition) is 5. The molecule has 7 nitrogen and oxygen atoms in total. The average Bonchev–Trinajstić information content (AvgIpc) is 3.29. The van der Waals surface area contributed by atoms with Crippen molar-refractivity contribution < 1.29 is 14.7 Å². The minimum absolute atomic E-state index is 0.0384. The molecule has 2 amide bonds. The number of amides is 2. The van der Waals surface area contributed by atoms with Crippen molar-refractivity contribution in [1.29, 1.82) is 0 Å². The Labute approximate surface area is 211 Å². The molecular weight excluding hydrogens is 464 g/mol. The van der Waals surface area contributed by atoms with E-state index >= 15 is 0 Å². The first-order valence-corrected chi connectivity index (χ1v) is 13.0. The van der Waals surface area contributed by atoms with Crippen LogP contribution in [0.25, 0.3) is 0 Å². The third kappa shape index (κ3) is 5.57.